The molecule has 0 aromatic carbocycles. The zero-order chi connectivity index (χ0) is 12.1. The van der Waals surface area contributed by atoms with Gasteiger partial charge in [0.25, 0.3) is 0 Å². The standard InChI is InChI=1S/C14H23N3/c1-12-10-14(6-7-15-12)16-11-13(2)17-8-4-3-5-9-17/h6-7,10,13H,3-5,8-9,11H2,1-2H3,(H,15,16). The van der Waals surface area contributed by atoms with E-state index in [1.165, 1.54) is 38.0 Å². The van der Waals surface area contributed by atoms with E-state index in [4.69, 9.17) is 0 Å². The summed E-state index contributed by atoms with van der Waals surface area (Å²) in [6.07, 6.45) is 5.99. The van der Waals surface area contributed by atoms with Crippen LogP contribution in [0, 0.1) is 6.92 Å². The van der Waals surface area contributed by atoms with Gasteiger partial charge in [-0.15, -0.1) is 0 Å². The number of hydrogen-bond donors (Lipinski definition) is 1. The van der Waals surface area contributed by atoms with Gasteiger partial charge in [-0.25, -0.2) is 0 Å². The summed E-state index contributed by atoms with van der Waals surface area (Å²) >= 11 is 0. The van der Waals surface area contributed by atoms with Crippen LogP contribution in [0.5, 0.6) is 0 Å². The lowest BCUT2D eigenvalue weighted by Gasteiger charge is -2.32. The van der Waals surface area contributed by atoms with Gasteiger partial charge >= 0.3 is 0 Å². The van der Waals surface area contributed by atoms with Crippen LogP contribution < -0.4 is 5.32 Å². The molecule has 1 aromatic rings. The molecule has 1 unspecified atom stereocenters. The summed E-state index contributed by atoms with van der Waals surface area (Å²) in [6, 6.07) is 4.75. The van der Waals surface area contributed by atoms with Crippen molar-refractivity contribution in [1.29, 1.82) is 0 Å². The molecule has 3 nitrogen and oxygen atoms in total. The monoisotopic (exact) mass is 233 g/mol. The van der Waals surface area contributed by atoms with Crippen molar-refractivity contribution in [3.05, 3.63) is 24.0 Å². The molecule has 1 aromatic heterocycles. The van der Waals surface area contributed by atoms with Crippen LogP contribution in [0.2, 0.25) is 0 Å². The van der Waals surface area contributed by atoms with E-state index in [2.05, 4.69) is 28.2 Å². The zero-order valence-electron chi connectivity index (χ0n) is 10.9. The van der Waals surface area contributed by atoms with Crippen LogP contribution in [-0.2, 0) is 0 Å². The first-order chi connectivity index (χ1) is 8.25. The van der Waals surface area contributed by atoms with E-state index >= 15 is 0 Å². The van der Waals surface area contributed by atoms with Crippen LogP contribution in [0.15, 0.2) is 18.3 Å². The maximum absolute atomic E-state index is 4.21. The van der Waals surface area contributed by atoms with E-state index in [0.717, 1.165) is 12.2 Å². The van der Waals surface area contributed by atoms with Gasteiger partial charge in [0.1, 0.15) is 0 Å². The number of rotatable bonds is 4. The summed E-state index contributed by atoms with van der Waals surface area (Å²) in [5.74, 6) is 0. The number of aryl methyl sites for hydroxylation is 1. The summed E-state index contributed by atoms with van der Waals surface area (Å²) in [4.78, 5) is 6.79. The average molecular weight is 233 g/mol. The highest BCUT2D eigenvalue weighted by Crippen LogP contribution is 2.13. The van der Waals surface area contributed by atoms with Crippen LogP contribution >= 0.6 is 0 Å². The van der Waals surface area contributed by atoms with Crippen LogP contribution in [0.4, 0.5) is 5.69 Å². The normalized spacial score (nSPS) is 18.9. The summed E-state index contributed by atoms with van der Waals surface area (Å²) in [7, 11) is 0. The van der Waals surface area contributed by atoms with E-state index in [0.29, 0.717) is 6.04 Å². The highest BCUT2D eigenvalue weighted by atomic mass is 15.2. The number of hydrogen-bond acceptors (Lipinski definition) is 3. The molecule has 0 saturated carbocycles. The van der Waals surface area contributed by atoms with E-state index < -0.39 is 0 Å². The lowest BCUT2D eigenvalue weighted by molar-refractivity contribution is 0.180. The number of anilines is 1. The predicted molar refractivity (Wildman–Crippen MR) is 72.3 cm³/mol. The Balaban J connectivity index is 1.80. The molecule has 0 amide bonds. The molecule has 1 atom stereocenters. The van der Waals surface area contributed by atoms with Crippen molar-refractivity contribution in [2.24, 2.45) is 0 Å². The summed E-state index contributed by atoms with van der Waals surface area (Å²) in [6.45, 7) is 7.88. The highest BCUT2D eigenvalue weighted by Gasteiger charge is 2.15. The molecular formula is C14H23N3. The fourth-order valence-corrected chi connectivity index (χ4v) is 2.41. The van der Waals surface area contributed by atoms with Crippen molar-refractivity contribution >= 4 is 5.69 Å². The Bertz CT molecular complexity index is 345. The van der Waals surface area contributed by atoms with Gasteiger partial charge in [-0.1, -0.05) is 6.42 Å². The van der Waals surface area contributed by atoms with Gasteiger partial charge in [-0.05, 0) is 51.9 Å². The van der Waals surface area contributed by atoms with Gasteiger partial charge in [0, 0.05) is 30.2 Å². The van der Waals surface area contributed by atoms with Crippen molar-refractivity contribution in [2.45, 2.75) is 39.2 Å². The number of nitrogens with zero attached hydrogens (tertiary/aromatic N) is 2. The van der Waals surface area contributed by atoms with Crippen LogP contribution in [0.1, 0.15) is 31.9 Å². The minimum absolute atomic E-state index is 0.615. The Labute approximate surface area is 104 Å². The Morgan fingerprint density at radius 2 is 2.12 bits per heavy atom. The Morgan fingerprint density at radius 3 is 2.82 bits per heavy atom. The zero-order valence-corrected chi connectivity index (χ0v) is 10.9. The minimum Gasteiger partial charge on any atom is -0.383 e. The first-order valence-corrected chi connectivity index (χ1v) is 6.66. The first-order valence-electron chi connectivity index (χ1n) is 6.66. The second kappa shape index (κ2) is 6.01. The fourth-order valence-electron chi connectivity index (χ4n) is 2.41. The van der Waals surface area contributed by atoms with Gasteiger partial charge in [-0.3, -0.25) is 9.88 Å². The van der Waals surface area contributed by atoms with Crippen molar-refractivity contribution < 1.29 is 0 Å². The summed E-state index contributed by atoms with van der Waals surface area (Å²) in [5.41, 5.74) is 2.25. The first kappa shape index (κ1) is 12.4. The molecule has 3 heteroatoms. The molecule has 1 saturated heterocycles. The number of nitrogens with one attached hydrogen (secondary N) is 1. The topological polar surface area (TPSA) is 28.2 Å². The van der Waals surface area contributed by atoms with Gasteiger partial charge in [0.05, 0.1) is 0 Å². The number of likely N-dealkylation sites (tertiary alicyclic amines) is 1. The molecule has 0 bridgehead atoms. The SMILES string of the molecule is Cc1cc(NCC(C)N2CCCCC2)ccn1. The molecule has 1 fully saturated rings. The summed E-state index contributed by atoms with van der Waals surface area (Å²) < 4.78 is 0. The van der Waals surface area contributed by atoms with Gasteiger partial charge < -0.3 is 5.32 Å². The van der Waals surface area contributed by atoms with Gasteiger partial charge in [-0.2, -0.15) is 0 Å². The molecule has 2 rings (SSSR count). The third-order valence-corrected chi connectivity index (χ3v) is 3.51. The molecule has 1 aliphatic heterocycles. The quantitative estimate of drug-likeness (QED) is 0.866. The van der Waals surface area contributed by atoms with Crippen molar-refractivity contribution in [3.8, 4) is 0 Å². The molecule has 2 heterocycles. The molecule has 94 valence electrons. The molecular weight excluding hydrogens is 210 g/mol. The lowest BCUT2D eigenvalue weighted by atomic mass is 10.1. The second-order valence-electron chi connectivity index (χ2n) is 5.01. The minimum atomic E-state index is 0.615. The molecule has 17 heavy (non-hydrogen) atoms. The third kappa shape index (κ3) is 3.70. The van der Waals surface area contributed by atoms with E-state index in [1.807, 2.05) is 19.2 Å². The smallest absolute Gasteiger partial charge is 0.0393 e. The molecule has 0 aliphatic carbocycles. The lowest BCUT2D eigenvalue weighted by Crippen LogP contribution is -2.41. The molecule has 1 aliphatic rings. The average Bonchev–Trinajstić information content (AvgIpc) is 2.37. The maximum Gasteiger partial charge on any atom is 0.0393 e. The van der Waals surface area contributed by atoms with E-state index in [9.17, 15) is 0 Å². The third-order valence-electron chi connectivity index (χ3n) is 3.51. The molecule has 1 N–H and O–H groups in total. The molecule has 0 spiro atoms. The van der Waals surface area contributed by atoms with Crippen LogP contribution in [0.3, 0.4) is 0 Å². The number of aromatic nitrogens is 1. The van der Waals surface area contributed by atoms with E-state index in [1.54, 1.807) is 0 Å². The van der Waals surface area contributed by atoms with E-state index in [-0.39, 0.29) is 0 Å². The van der Waals surface area contributed by atoms with Gasteiger partial charge in [0.15, 0.2) is 0 Å². The van der Waals surface area contributed by atoms with Crippen LogP contribution in [-0.4, -0.2) is 35.6 Å². The Hall–Kier alpha value is -1.09. The van der Waals surface area contributed by atoms with Crippen molar-refractivity contribution in [2.75, 3.05) is 25.0 Å². The summed E-state index contributed by atoms with van der Waals surface area (Å²) in [5, 5.41) is 3.50. The Morgan fingerprint density at radius 1 is 1.35 bits per heavy atom. The maximum atomic E-state index is 4.21. The van der Waals surface area contributed by atoms with Gasteiger partial charge in [0.2, 0.25) is 0 Å². The molecule has 0 radical (unpaired) electrons. The Kier molecular flexibility index (Phi) is 4.37. The second-order valence-corrected chi connectivity index (χ2v) is 5.01. The number of piperidine rings is 1. The highest BCUT2D eigenvalue weighted by molar-refractivity contribution is 5.42. The number of pyridine rings is 1. The van der Waals surface area contributed by atoms with Crippen LogP contribution in [0.25, 0.3) is 0 Å². The van der Waals surface area contributed by atoms with Crippen molar-refractivity contribution in [3.63, 3.8) is 0 Å². The fraction of sp³-hybridized carbons (Fsp3) is 0.643. The largest absolute Gasteiger partial charge is 0.383 e. The predicted octanol–water partition coefficient (Wildman–Crippen LogP) is 2.68. The van der Waals surface area contributed by atoms with Crippen molar-refractivity contribution in [1.82, 2.24) is 9.88 Å².